The van der Waals surface area contributed by atoms with Gasteiger partial charge in [-0.15, -0.1) is 0 Å². The van der Waals surface area contributed by atoms with E-state index in [2.05, 4.69) is 43.9 Å². The van der Waals surface area contributed by atoms with Gasteiger partial charge in [-0.2, -0.15) is 0 Å². The van der Waals surface area contributed by atoms with Crippen LogP contribution >= 0.6 is 0 Å². The smallest absolute Gasteiger partial charge is 0.143 e. The number of aryl methyl sites for hydroxylation is 1. The van der Waals surface area contributed by atoms with E-state index in [1.807, 2.05) is 0 Å². The van der Waals surface area contributed by atoms with E-state index in [-0.39, 0.29) is 6.10 Å². The van der Waals surface area contributed by atoms with E-state index in [1.165, 1.54) is 11.3 Å². The van der Waals surface area contributed by atoms with E-state index in [0.717, 1.165) is 18.8 Å². The van der Waals surface area contributed by atoms with Crippen molar-refractivity contribution < 1.29 is 4.74 Å². The Bertz CT molecular complexity index is 390. The lowest BCUT2D eigenvalue weighted by Crippen LogP contribution is -2.44. The summed E-state index contributed by atoms with van der Waals surface area (Å²) < 4.78 is 6.04. The zero-order valence-electron chi connectivity index (χ0n) is 10.9. The predicted molar refractivity (Wildman–Crippen MR) is 71.7 cm³/mol. The van der Waals surface area contributed by atoms with Crippen LogP contribution in [0.4, 0.5) is 5.69 Å². The second kappa shape index (κ2) is 4.96. The van der Waals surface area contributed by atoms with Gasteiger partial charge in [0.1, 0.15) is 11.9 Å². The Hall–Kier alpha value is -1.22. The Kier molecular flexibility index (Phi) is 3.57. The Morgan fingerprint density at radius 1 is 1.47 bits per heavy atom. The average molecular weight is 234 g/mol. The minimum atomic E-state index is 0.261. The summed E-state index contributed by atoms with van der Waals surface area (Å²) in [6.07, 6.45) is 0.261. The molecule has 0 aliphatic carbocycles. The maximum Gasteiger partial charge on any atom is 0.143 e. The summed E-state index contributed by atoms with van der Waals surface area (Å²) in [4.78, 5) is 2.34. The summed E-state index contributed by atoms with van der Waals surface area (Å²) in [5, 5.41) is 0. The average Bonchev–Trinajstić information content (AvgIpc) is 2.29. The van der Waals surface area contributed by atoms with Gasteiger partial charge in [0.2, 0.25) is 0 Å². The Morgan fingerprint density at radius 3 is 2.88 bits per heavy atom. The molecule has 3 nitrogen and oxygen atoms in total. The Labute approximate surface area is 104 Å². The monoisotopic (exact) mass is 234 g/mol. The van der Waals surface area contributed by atoms with Crippen LogP contribution in [0.5, 0.6) is 5.75 Å². The highest BCUT2D eigenvalue weighted by Crippen LogP contribution is 2.35. The molecule has 1 unspecified atom stereocenters. The molecule has 1 aliphatic heterocycles. The highest BCUT2D eigenvalue weighted by Gasteiger charge is 2.27. The summed E-state index contributed by atoms with van der Waals surface area (Å²) in [5.74, 6) is 1.51. The number of nitrogens with two attached hydrogens (primary N) is 1. The largest absolute Gasteiger partial charge is 0.486 e. The predicted octanol–water partition coefficient (Wildman–Crippen LogP) is 2.18. The van der Waals surface area contributed by atoms with E-state index < -0.39 is 0 Å². The molecule has 0 amide bonds. The number of hydrogen-bond donors (Lipinski definition) is 1. The molecular formula is C14H22N2O. The lowest BCUT2D eigenvalue weighted by Gasteiger charge is -2.38. The number of nitrogens with zero attached hydrogens (tertiary/aromatic N) is 1. The number of benzene rings is 1. The highest BCUT2D eigenvalue weighted by atomic mass is 16.5. The summed E-state index contributed by atoms with van der Waals surface area (Å²) in [6, 6.07) is 6.35. The number of hydrogen-bond acceptors (Lipinski definition) is 3. The molecule has 0 saturated heterocycles. The Balaban J connectivity index is 2.31. The standard InChI is InChI=1S/C14H22N2O/c1-10(2)14-9-16(7-6-15)12-8-11(3)4-5-13(12)17-14/h4-5,8,10,14H,6-7,9,15H2,1-3H3. The second-order valence-electron chi connectivity index (χ2n) is 5.11. The molecule has 17 heavy (non-hydrogen) atoms. The minimum absolute atomic E-state index is 0.261. The van der Waals surface area contributed by atoms with Gasteiger partial charge in [-0.3, -0.25) is 0 Å². The lowest BCUT2D eigenvalue weighted by atomic mass is 10.0. The van der Waals surface area contributed by atoms with Crippen molar-refractivity contribution >= 4 is 5.69 Å². The van der Waals surface area contributed by atoms with Crippen molar-refractivity contribution in [2.24, 2.45) is 11.7 Å². The van der Waals surface area contributed by atoms with Crippen LogP contribution in [0.2, 0.25) is 0 Å². The van der Waals surface area contributed by atoms with Gasteiger partial charge in [0, 0.05) is 13.1 Å². The molecule has 1 aliphatic rings. The zero-order chi connectivity index (χ0) is 12.4. The molecule has 0 spiro atoms. The van der Waals surface area contributed by atoms with Crippen LogP contribution in [0.3, 0.4) is 0 Å². The summed E-state index contributed by atoms with van der Waals surface area (Å²) >= 11 is 0. The number of ether oxygens (including phenoxy) is 1. The lowest BCUT2D eigenvalue weighted by molar-refractivity contribution is 0.146. The van der Waals surface area contributed by atoms with Crippen LogP contribution in [0.1, 0.15) is 19.4 Å². The quantitative estimate of drug-likeness (QED) is 0.871. The molecular weight excluding hydrogens is 212 g/mol. The van der Waals surface area contributed by atoms with E-state index in [9.17, 15) is 0 Å². The van der Waals surface area contributed by atoms with Crippen molar-refractivity contribution in [1.29, 1.82) is 0 Å². The summed E-state index contributed by atoms with van der Waals surface area (Å²) in [6.45, 7) is 9.01. The van der Waals surface area contributed by atoms with Crippen molar-refractivity contribution in [3.63, 3.8) is 0 Å². The second-order valence-corrected chi connectivity index (χ2v) is 5.11. The van der Waals surface area contributed by atoms with Gasteiger partial charge < -0.3 is 15.4 Å². The van der Waals surface area contributed by atoms with Gasteiger partial charge in [0.05, 0.1) is 12.2 Å². The first kappa shape index (κ1) is 12.2. The van der Waals surface area contributed by atoms with Gasteiger partial charge in [-0.1, -0.05) is 19.9 Å². The third-order valence-corrected chi connectivity index (χ3v) is 3.28. The molecule has 0 bridgehead atoms. The van der Waals surface area contributed by atoms with Crippen molar-refractivity contribution in [2.45, 2.75) is 26.9 Å². The van der Waals surface area contributed by atoms with Crippen molar-refractivity contribution in [3.05, 3.63) is 23.8 Å². The maximum absolute atomic E-state index is 6.04. The van der Waals surface area contributed by atoms with Crippen LogP contribution in [0.15, 0.2) is 18.2 Å². The molecule has 1 atom stereocenters. The fourth-order valence-electron chi connectivity index (χ4n) is 2.20. The third kappa shape index (κ3) is 2.55. The molecule has 1 heterocycles. The van der Waals surface area contributed by atoms with E-state index in [1.54, 1.807) is 0 Å². The molecule has 0 radical (unpaired) electrons. The Morgan fingerprint density at radius 2 is 2.24 bits per heavy atom. The van der Waals surface area contributed by atoms with Crippen LogP contribution < -0.4 is 15.4 Å². The molecule has 2 rings (SSSR count). The molecule has 0 fully saturated rings. The normalized spacial score (nSPS) is 19.1. The first-order chi connectivity index (χ1) is 8.11. The topological polar surface area (TPSA) is 38.5 Å². The number of rotatable bonds is 3. The number of fused-ring (bicyclic) bond motifs is 1. The van der Waals surface area contributed by atoms with E-state index in [0.29, 0.717) is 12.5 Å². The summed E-state index contributed by atoms with van der Waals surface area (Å²) in [5.41, 5.74) is 8.14. The minimum Gasteiger partial charge on any atom is -0.486 e. The molecule has 1 aromatic carbocycles. The molecule has 3 heteroatoms. The maximum atomic E-state index is 6.04. The van der Waals surface area contributed by atoms with Gasteiger partial charge >= 0.3 is 0 Å². The fourth-order valence-corrected chi connectivity index (χ4v) is 2.20. The fraction of sp³-hybridized carbons (Fsp3) is 0.571. The molecule has 2 N–H and O–H groups in total. The van der Waals surface area contributed by atoms with Crippen molar-refractivity contribution in [2.75, 3.05) is 24.5 Å². The van der Waals surface area contributed by atoms with Gasteiger partial charge in [0.15, 0.2) is 0 Å². The highest BCUT2D eigenvalue weighted by molar-refractivity contribution is 5.61. The summed E-state index contributed by atoms with van der Waals surface area (Å²) in [7, 11) is 0. The van der Waals surface area contributed by atoms with Crippen molar-refractivity contribution in [3.8, 4) is 5.75 Å². The first-order valence-corrected chi connectivity index (χ1v) is 6.34. The van der Waals surface area contributed by atoms with Crippen molar-refractivity contribution in [1.82, 2.24) is 0 Å². The molecule has 0 saturated carbocycles. The van der Waals surface area contributed by atoms with Crippen LogP contribution in [0.25, 0.3) is 0 Å². The van der Waals surface area contributed by atoms with E-state index >= 15 is 0 Å². The molecule has 1 aromatic rings. The third-order valence-electron chi connectivity index (χ3n) is 3.28. The van der Waals surface area contributed by atoms with Crippen LogP contribution in [0, 0.1) is 12.8 Å². The number of anilines is 1. The van der Waals surface area contributed by atoms with Crippen LogP contribution in [-0.4, -0.2) is 25.7 Å². The van der Waals surface area contributed by atoms with E-state index in [4.69, 9.17) is 10.5 Å². The van der Waals surface area contributed by atoms with Gasteiger partial charge in [-0.05, 0) is 30.5 Å². The zero-order valence-corrected chi connectivity index (χ0v) is 10.9. The van der Waals surface area contributed by atoms with Gasteiger partial charge in [-0.25, -0.2) is 0 Å². The van der Waals surface area contributed by atoms with Gasteiger partial charge in [0.25, 0.3) is 0 Å². The molecule has 0 aromatic heterocycles. The molecule has 94 valence electrons. The first-order valence-electron chi connectivity index (χ1n) is 6.34. The van der Waals surface area contributed by atoms with Crippen LogP contribution in [-0.2, 0) is 0 Å². The SMILES string of the molecule is Cc1ccc2c(c1)N(CCN)CC(C(C)C)O2.